The molecule has 0 amide bonds. The molecule has 10 heteroatoms. The summed E-state index contributed by atoms with van der Waals surface area (Å²) in [6.45, 7) is 0. The molecule has 0 atom stereocenters. The highest BCUT2D eigenvalue weighted by molar-refractivity contribution is 5.85. The predicted molar refractivity (Wildman–Crippen MR) is 131 cm³/mol. The second-order valence-corrected chi connectivity index (χ2v) is 7.44. The number of nitrogens with zero attached hydrogens (tertiary/aromatic N) is 6. The molecule has 5 rings (SSSR count). The maximum Gasteiger partial charge on any atom is 0.328 e. The molecule has 2 aromatic carbocycles. The number of aromatic nitrogens is 5. The molecule has 5 aromatic rings. The minimum Gasteiger partial charge on any atom is -0.423 e. The van der Waals surface area contributed by atoms with Gasteiger partial charge in [-0.3, -0.25) is 4.79 Å². The predicted octanol–water partition coefficient (Wildman–Crippen LogP) is 4.27. The maximum absolute atomic E-state index is 12.5. The van der Waals surface area contributed by atoms with E-state index in [1.807, 2.05) is 30.3 Å². The van der Waals surface area contributed by atoms with Crippen LogP contribution < -0.4 is 20.9 Å². The number of hydrogen-bond donors (Lipinski definition) is 2. The second kappa shape index (κ2) is 9.29. The number of aryl methyl sites for hydroxylation is 1. The van der Waals surface area contributed by atoms with Crippen molar-refractivity contribution in [1.82, 2.24) is 24.5 Å². The summed E-state index contributed by atoms with van der Waals surface area (Å²) in [5.41, 5.74) is 1.69. The van der Waals surface area contributed by atoms with Gasteiger partial charge in [-0.05, 0) is 48.5 Å². The van der Waals surface area contributed by atoms with Crippen LogP contribution in [0.15, 0.2) is 83.8 Å². The number of ether oxygens (including phenoxy) is 1. The Balaban J connectivity index is 1.54. The van der Waals surface area contributed by atoms with E-state index in [1.54, 1.807) is 54.2 Å². The molecule has 10 nitrogen and oxygen atoms in total. The molecule has 0 aliphatic rings. The van der Waals surface area contributed by atoms with Crippen LogP contribution in [0, 0.1) is 11.3 Å². The van der Waals surface area contributed by atoms with Crippen molar-refractivity contribution >= 4 is 34.3 Å². The van der Waals surface area contributed by atoms with Crippen molar-refractivity contribution in [3.8, 4) is 17.8 Å². The molecule has 3 aromatic heterocycles. The fraction of sp³-hybridized carbons (Fsp3) is 0.0400. The van der Waals surface area contributed by atoms with Crippen LogP contribution in [0.25, 0.3) is 10.9 Å². The third-order valence-corrected chi connectivity index (χ3v) is 5.11. The van der Waals surface area contributed by atoms with Gasteiger partial charge < -0.3 is 19.9 Å². The summed E-state index contributed by atoms with van der Waals surface area (Å²) in [5.74, 6) is 1.25. The Kier molecular flexibility index (Phi) is 5.71. The molecule has 35 heavy (non-hydrogen) atoms. The first-order chi connectivity index (χ1) is 17.1. The Morgan fingerprint density at radius 2 is 1.66 bits per heavy atom. The average molecular weight is 462 g/mol. The number of nitriles is 1. The van der Waals surface area contributed by atoms with Crippen LogP contribution in [0.3, 0.4) is 0 Å². The highest BCUT2D eigenvalue weighted by Crippen LogP contribution is 2.28. The van der Waals surface area contributed by atoms with Gasteiger partial charge in [0.05, 0.1) is 17.1 Å². The summed E-state index contributed by atoms with van der Waals surface area (Å²) in [4.78, 5) is 29.9. The molecule has 2 N–H and O–H groups in total. The van der Waals surface area contributed by atoms with E-state index in [2.05, 4.69) is 36.6 Å². The number of hydrogen-bond acceptors (Lipinski definition) is 9. The normalized spacial score (nSPS) is 10.5. The molecule has 3 heterocycles. The van der Waals surface area contributed by atoms with E-state index >= 15 is 0 Å². The zero-order valence-corrected chi connectivity index (χ0v) is 18.5. The molecule has 0 radical (unpaired) electrons. The average Bonchev–Trinajstić information content (AvgIpc) is 2.88. The Labute approximate surface area is 199 Å². The number of para-hydroxylation sites is 1. The molecule has 0 aliphatic heterocycles. The van der Waals surface area contributed by atoms with Crippen LogP contribution in [-0.2, 0) is 7.05 Å². The van der Waals surface area contributed by atoms with Gasteiger partial charge in [-0.15, -0.1) is 0 Å². The fourth-order valence-electron chi connectivity index (χ4n) is 3.39. The Bertz CT molecular complexity index is 1610. The summed E-state index contributed by atoms with van der Waals surface area (Å²) in [6.07, 6.45) is 1.64. The summed E-state index contributed by atoms with van der Waals surface area (Å²) >= 11 is 0. The highest BCUT2D eigenvalue weighted by Gasteiger charge is 2.14. The highest BCUT2D eigenvalue weighted by atomic mass is 16.5. The van der Waals surface area contributed by atoms with Crippen LogP contribution in [0.2, 0.25) is 0 Å². The SMILES string of the molecule is Cn1c(=O)cc(Oc2nc(Nc3ccc(C#N)cc3)nc(Nc3ccccn3)n2)c2ccccc21. The monoisotopic (exact) mass is 462 g/mol. The third-order valence-electron chi connectivity index (χ3n) is 5.11. The van der Waals surface area contributed by atoms with E-state index in [-0.39, 0.29) is 23.5 Å². The first-order valence-corrected chi connectivity index (χ1v) is 10.6. The standard InChI is InChI=1S/C25H18N8O2/c1-33-19-7-3-2-6-18(19)20(14-22(33)34)35-25-31-23(28-17-11-9-16(15-26)10-12-17)30-24(32-25)29-21-8-4-5-13-27-21/h2-14H,1H3,(H2,27,28,29,30,31,32). The molecule has 0 fully saturated rings. The van der Waals surface area contributed by atoms with Crippen LogP contribution in [0.5, 0.6) is 11.8 Å². The first-order valence-electron chi connectivity index (χ1n) is 10.6. The van der Waals surface area contributed by atoms with Crippen LogP contribution in [-0.4, -0.2) is 24.5 Å². The quantitative estimate of drug-likeness (QED) is 0.380. The van der Waals surface area contributed by atoms with Gasteiger partial charge in [0.15, 0.2) is 0 Å². The van der Waals surface area contributed by atoms with Crippen molar-refractivity contribution in [2.24, 2.45) is 7.05 Å². The van der Waals surface area contributed by atoms with Gasteiger partial charge in [-0.25, -0.2) is 4.98 Å². The van der Waals surface area contributed by atoms with Crippen LogP contribution >= 0.6 is 0 Å². The lowest BCUT2D eigenvalue weighted by atomic mass is 10.2. The largest absolute Gasteiger partial charge is 0.423 e. The van der Waals surface area contributed by atoms with Crippen molar-refractivity contribution < 1.29 is 4.74 Å². The number of benzene rings is 2. The zero-order chi connectivity index (χ0) is 24.2. The summed E-state index contributed by atoms with van der Waals surface area (Å²) < 4.78 is 7.54. The lowest BCUT2D eigenvalue weighted by Crippen LogP contribution is -2.16. The zero-order valence-electron chi connectivity index (χ0n) is 18.5. The van der Waals surface area contributed by atoms with Gasteiger partial charge in [-0.1, -0.05) is 18.2 Å². The van der Waals surface area contributed by atoms with E-state index in [4.69, 9.17) is 10.00 Å². The van der Waals surface area contributed by atoms with E-state index in [1.165, 1.54) is 6.07 Å². The molecular formula is C25H18N8O2. The van der Waals surface area contributed by atoms with E-state index < -0.39 is 0 Å². The van der Waals surface area contributed by atoms with Crippen molar-refractivity contribution in [1.29, 1.82) is 5.26 Å². The molecule has 0 aliphatic carbocycles. The van der Waals surface area contributed by atoms with Crippen LogP contribution in [0.1, 0.15) is 5.56 Å². The van der Waals surface area contributed by atoms with Gasteiger partial charge in [0.2, 0.25) is 11.9 Å². The molecule has 0 bridgehead atoms. The van der Waals surface area contributed by atoms with Gasteiger partial charge in [0.1, 0.15) is 11.6 Å². The van der Waals surface area contributed by atoms with Crippen LogP contribution in [0.4, 0.5) is 23.4 Å². The van der Waals surface area contributed by atoms with Gasteiger partial charge >= 0.3 is 6.01 Å². The van der Waals surface area contributed by atoms with Gasteiger partial charge in [0, 0.05) is 30.4 Å². The Hall–Kier alpha value is -5.30. The minimum atomic E-state index is -0.226. The topological polar surface area (TPSA) is 131 Å². The van der Waals surface area contributed by atoms with E-state index in [9.17, 15) is 4.79 Å². The van der Waals surface area contributed by atoms with Crippen molar-refractivity contribution in [2.75, 3.05) is 10.6 Å². The lowest BCUT2D eigenvalue weighted by molar-refractivity contribution is 0.445. The molecule has 0 spiro atoms. The number of anilines is 4. The first kappa shape index (κ1) is 21.5. The number of pyridine rings is 2. The lowest BCUT2D eigenvalue weighted by Gasteiger charge is -2.12. The molecule has 0 saturated carbocycles. The number of fused-ring (bicyclic) bond motifs is 1. The minimum absolute atomic E-state index is 0.0204. The van der Waals surface area contributed by atoms with Crippen molar-refractivity contribution in [2.45, 2.75) is 0 Å². The molecule has 0 unspecified atom stereocenters. The van der Waals surface area contributed by atoms with Gasteiger partial charge in [-0.2, -0.15) is 20.2 Å². The third kappa shape index (κ3) is 4.74. The van der Waals surface area contributed by atoms with E-state index in [0.29, 0.717) is 28.3 Å². The smallest absolute Gasteiger partial charge is 0.328 e. The molecule has 0 saturated heterocycles. The summed E-state index contributed by atoms with van der Waals surface area (Å²) in [7, 11) is 1.70. The Morgan fingerprint density at radius 1 is 0.914 bits per heavy atom. The molecular weight excluding hydrogens is 444 g/mol. The molecule has 170 valence electrons. The second-order valence-electron chi connectivity index (χ2n) is 7.44. The fourth-order valence-corrected chi connectivity index (χ4v) is 3.39. The van der Waals surface area contributed by atoms with Crippen molar-refractivity contribution in [3.05, 3.63) is 94.9 Å². The number of rotatable bonds is 6. The van der Waals surface area contributed by atoms with E-state index in [0.717, 1.165) is 5.39 Å². The maximum atomic E-state index is 12.5. The number of nitrogens with one attached hydrogen (secondary N) is 2. The summed E-state index contributed by atoms with van der Waals surface area (Å²) in [5, 5.41) is 15.9. The van der Waals surface area contributed by atoms with Crippen molar-refractivity contribution in [3.63, 3.8) is 0 Å². The summed E-state index contributed by atoms with van der Waals surface area (Å²) in [6, 6.07) is 23.1. The Morgan fingerprint density at radius 3 is 2.40 bits per heavy atom. The van der Waals surface area contributed by atoms with Gasteiger partial charge in [0.25, 0.3) is 5.56 Å².